The third-order valence-corrected chi connectivity index (χ3v) is 7.95. The molecule has 2 heterocycles. The van der Waals surface area contributed by atoms with Crippen LogP contribution in [0.4, 0.5) is 17.6 Å². The zero-order valence-corrected chi connectivity index (χ0v) is 22.3. The number of alkyl halides is 3. The highest BCUT2D eigenvalue weighted by Gasteiger charge is 2.41. The summed E-state index contributed by atoms with van der Waals surface area (Å²) in [6.45, 7) is 7.72. The molecular formula is C26H26F4N4O4S. The second-order valence-electron chi connectivity index (χ2n) is 8.93. The SMILES string of the molecule is C=N/C(=C\C(=C/C)c1ccc(C(F)(F)F)cn1)CNC(=O)C(C)(C)N(C)S(=O)(=O)c1cc2cc(F)ccc2o1. The Bertz CT molecular complexity index is 1560. The fraction of sp³-hybridized carbons (Fsp3) is 0.269. The maximum Gasteiger partial charge on any atom is 0.417 e. The van der Waals surface area contributed by atoms with E-state index in [1.807, 2.05) is 0 Å². The van der Waals surface area contributed by atoms with Crippen molar-refractivity contribution in [1.29, 1.82) is 0 Å². The van der Waals surface area contributed by atoms with E-state index >= 15 is 0 Å². The van der Waals surface area contributed by atoms with Crippen LogP contribution in [0.3, 0.4) is 0 Å². The lowest BCUT2D eigenvalue weighted by Crippen LogP contribution is -2.55. The lowest BCUT2D eigenvalue weighted by molar-refractivity contribution is -0.137. The number of aromatic nitrogens is 1. The number of furan rings is 1. The summed E-state index contributed by atoms with van der Waals surface area (Å²) in [4.78, 5) is 20.8. The number of nitrogens with zero attached hydrogens (tertiary/aromatic N) is 3. The first-order valence-electron chi connectivity index (χ1n) is 11.4. The molecule has 0 bridgehead atoms. The molecule has 208 valence electrons. The molecule has 3 aromatic rings. The first kappa shape index (κ1) is 29.7. The van der Waals surface area contributed by atoms with E-state index in [1.54, 1.807) is 13.0 Å². The van der Waals surface area contributed by atoms with Crippen LogP contribution < -0.4 is 5.32 Å². The predicted molar refractivity (Wildman–Crippen MR) is 139 cm³/mol. The van der Waals surface area contributed by atoms with Gasteiger partial charge in [0.2, 0.25) is 11.0 Å². The van der Waals surface area contributed by atoms with Crippen molar-refractivity contribution in [1.82, 2.24) is 14.6 Å². The highest BCUT2D eigenvalue weighted by atomic mass is 32.2. The van der Waals surface area contributed by atoms with Gasteiger partial charge in [-0.1, -0.05) is 6.08 Å². The van der Waals surface area contributed by atoms with Crippen molar-refractivity contribution in [3.63, 3.8) is 0 Å². The van der Waals surface area contributed by atoms with Crippen LogP contribution in [0.15, 0.2) is 74.9 Å². The number of carbonyl (C=O) groups excluding carboxylic acids is 1. The van der Waals surface area contributed by atoms with E-state index in [2.05, 4.69) is 22.0 Å². The van der Waals surface area contributed by atoms with Gasteiger partial charge in [0.1, 0.15) is 16.9 Å². The van der Waals surface area contributed by atoms with Crippen LogP contribution in [0.2, 0.25) is 0 Å². The molecule has 3 rings (SSSR count). The number of hydrogen-bond donors (Lipinski definition) is 1. The number of aliphatic imine (C=N–C) groups is 1. The molecule has 0 atom stereocenters. The zero-order chi connectivity index (χ0) is 29.2. The van der Waals surface area contributed by atoms with Gasteiger partial charge in [-0.15, -0.1) is 0 Å². The molecule has 0 unspecified atom stereocenters. The van der Waals surface area contributed by atoms with Crippen LogP contribution in [0.25, 0.3) is 16.5 Å². The number of sulfonamides is 1. The van der Waals surface area contributed by atoms with Crippen LogP contribution >= 0.6 is 0 Å². The van der Waals surface area contributed by atoms with Gasteiger partial charge in [0.15, 0.2) is 0 Å². The Hall–Kier alpha value is -3.84. The van der Waals surface area contributed by atoms with Gasteiger partial charge in [-0.3, -0.25) is 14.8 Å². The molecule has 0 radical (unpaired) electrons. The predicted octanol–water partition coefficient (Wildman–Crippen LogP) is 5.19. The zero-order valence-electron chi connectivity index (χ0n) is 21.5. The average Bonchev–Trinajstić information content (AvgIpc) is 3.32. The second kappa shape index (κ2) is 11.1. The third kappa shape index (κ3) is 6.42. The maximum absolute atomic E-state index is 13.5. The molecule has 1 amide bonds. The summed E-state index contributed by atoms with van der Waals surface area (Å²) < 4.78 is 84.6. The molecular weight excluding hydrogens is 540 g/mol. The number of amides is 1. The lowest BCUT2D eigenvalue weighted by atomic mass is 10.0. The summed E-state index contributed by atoms with van der Waals surface area (Å²) in [5.74, 6) is -1.24. The average molecular weight is 567 g/mol. The van der Waals surface area contributed by atoms with Crippen LogP contribution in [0.1, 0.15) is 32.0 Å². The van der Waals surface area contributed by atoms with Crippen molar-refractivity contribution in [2.45, 2.75) is 37.6 Å². The first-order valence-corrected chi connectivity index (χ1v) is 12.9. The van der Waals surface area contributed by atoms with Gasteiger partial charge in [0.05, 0.1) is 23.5 Å². The number of fused-ring (bicyclic) bond motifs is 1. The number of pyridine rings is 1. The van der Waals surface area contributed by atoms with Gasteiger partial charge >= 0.3 is 6.18 Å². The molecule has 13 heteroatoms. The molecule has 0 aliphatic carbocycles. The highest BCUT2D eigenvalue weighted by Crippen LogP contribution is 2.30. The number of halogens is 4. The summed E-state index contributed by atoms with van der Waals surface area (Å²) in [6, 6.07) is 6.86. The standard InChI is InChI=1S/C26H26F4N4O4S/c1-6-16(21-9-7-18(14-32-21)26(28,29)30)12-20(31-4)15-33-24(35)25(2,3)34(5)39(36,37)23-13-17-11-19(27)8-10-22(17)38-23/h6-14H,4,15H2,1-3,5H3,(H,33,35)/b16-6+,20-12-. The number of nitrogens with one attached hydrogen (secondary N) is 1. The molecule has 2 aromatic heterocycles. The molecule has 0 saturated heterocycles. The van der Waals surface area contributed by atoms with E-state index in [9.17, 15) is 30.8 Å². The number of allylic oxidation sites excluding steroid dienone is 3. The molecule has 0 aliphatic rings. The molecule has 39 heavy (non-hydrogen) atoms. The van der Waals surface area contributed by atoms with Crippen LogP contribution in [0, 0.1) is 5.82 Å². The van der Waals surface area contributed by atoms with Crippen LogP contribution in [-0.2, 0) is 21.0 Å². The Balaban J connectivity index is 1.76. The highest BCUT2D eigenvalue weighted by molar-refractivity contribution is 7.89. The molecule has 8 nitrogen and oxygen atoms in total. The quantitative estimate of drug-likeness (QED) is 0.218. The van der Waals surface area contributed by atoms with Crippen LogP contribution in [0.5, 0.6) is 0 Å². The van der Waals surface area contributed by atoms with Crippen molar-refractivity contribution < 1.29 is 35.2 Å². The third-order valence-electron chi connectivity index (χ3n) is 6.07. The summed E-state index contributed by atoms with van der Waals surface area (Å²) in [6.07, 6.45) is -0.714. The number of hydrogen-bond acceptors (Lipinski definition) is 6. The molecule has 1 N–H and O–H groups in total. The van der Waals surface area contributed by atoms with E-state index in [4.69, 9.17) is 4.42 Å². The van der Waals surface area contributed by atoms with E-state index in [0.717, 1.165) is 22.5 Å². The topological polar surface area (TPSA) is 105 Å². The minimum absolute atomic E-state index is 0.165. The van der Waals surface area contributed by atoms with Gasteiger partial charge in [-0.25, -0.2) is 12.8 Å². The fourth-order valence-electron chi connectivity index (χ4n) is 3.45. The number of benzene rings is 1. The van der Waals surface area contributed by atoms with E-state index < -0.39 is 44.1 Å². The molecule has 0 spiro atoms. The van der Waals surface area contributed by atoms with Gasteiger partial charge < -0.3 is 9.73 Å². The first-order chi connectivity index (χ1) is 18.1. The fourth-order valence-corrected chi connectivity index (χ4v) is 4.88. The Morgan fingerprint density at radius 2 is 1.90 bits per heavy atom. The lowest BCUT2D eigenvalue weighted by Gasteiger charge is -2.32. The summed E-state index contributed by atoms with van der Waals surface area (Å²) in [7, 11) is -3.09. The van der Waals surface area contributed by atoms with Crippen molar-refractivity contribution in [3.05, 3.63) is 77.5 Å². The monoisotopic (exact) mass is 566 g/mol. The van der Waals surface area contributed by atoms with Crippen molar-refractivity contribution in [3.8, 4) is 0 Å². The van der Waals surface area contributed by atoms with Crippen molar-refractivity contribution in [2.24, 2.45) is 4.99 Å². The molecule has 0 saturated carbocycles. The molecule has 0 aliphatic heterocycles. The normalized spacial score (nSPS) is 13.7. The minimum Gasteiger partial charge on any atom is -0.443 e. The van der Waals surface area contributed by atoms with Gasteiger partial charge in [0, 0.05) is 24.7 Å². The maximum atomic E-state index is 13.5. The van der Waals surface area contributed by atoms with Crippen molar-refractivity contribution >= 4 is 39.2 Å². The smallest absolute Gasteiger partial charge is 0.417 e. The van der Waals surface area contributed by atoms with E-state index in [1.165, 1.54) is 45.2 Å². The Morgan fingerprint density at radius 1 is 1.21 bits per heavy atom. The summed E-state index contributed by atoms with van der Waals surface area (Å²) >= 11 is 0. The molecule has 1 aromatic carbocycles. The van der Waals surface area contributed by atoms with Gasteiger partial charge in [-0.2, -0.15) is 17.5 Å². The minimum atomic E-state index is -4.52. The van der Waals surface area contributed by atoms with Crippen molar-refractivity contribution in [2.75, 3.05) is 13.6 Å². The number of likely N-dealkylation sites (N-methyl/N-ethyl adjacent to an activating group) is 1. The van der Waals surface area contributed by atoms with Gasteiger partial charge in [0.25, 0.3) is 10.0 Å². The van der Waals surface area contributed by atoms with Crippen LogP contribution in [-0.4, -0.2) is 49.5 Å². The Morgan fingerprint density at radius 3 is 2.46 bits per heavy atom. The summed E-state index contributed by atoms with van der Waals surface area (Å²) in [5, 5.41) is 2.39. The van der Waals surface area contributed by atoms with Gasteiger partial charge in [-0.05, 0) is 69.5 Å². The number of rotatable bonds is 9. The van der Waals surface area contributed by atoms with E-state index in [-0.39, 0.29) is 28.9 Å². The largest absolute Gasteiger partial charge is 0.443 e. The summed E-state index contributed by atoms with van der Waals surface area (Å²) in [5.41, 5.74) is -1.40. The Kier molecular flexibility index (Phi) is 8.46. The van der Waals surface area contributed by atoms with E-state index in [0.29, 0.717) is 11.8 Å². The molecule has 0 fully saturated rings. The Labute approximate surface area is 222 Å². The second-order valence-corrected chi connectivity index (χ2v) is 10.8. The number of carbonyl (C=O) groups is 1.